The van der Waals surface area contributed by atoms with E-state index in [2.05, 4.69) is 5.32 Å². The fourth-order valence-electron chi connectivity index (χ4n) is 2.20. The Balaban J connectivity index is 2.18. The predicted octanol–water partition coefficient (Wildman–Crippen LogP) is 2.75. The van der Waals surface area contributed by atoms with Gasteiger partial charge in [0.1, 0.15) is 5.82 Å². The smallest absolute Gasteiger partial charge is 0.309 e. The molecule has 0 fully saturated rings. The van der Waals surface area contributed by atoms with Crippen LogP contribution < -0.4 is 5.32 Å². The van der Waals surface area contributed by atoms with Crippen LogP contribution in [0.1, 0.15) is 37.8 Å². The highest BCUT2D eigenvalue weighted by Crippen LogP contribution is 2.29. The maximum atomic E-state index is 14.0. The molecule has 1 aliphatic heterocycles. The predicted molar refractivity (Wildman–Crippen MR) is 73.1 cm³/mol. The van der Waals surface area contributed by atoms with Crippen molar-refractivity contribution in [2.45, 2.75) is 39.5 Å². The highest BCUT2D eigenvalue weighted by Gasteiger charge is 2.27. The van der Waals surface area contributed by atoms with Gasteiger partial charge >= 0.3 is 5.97 Å². The van der Waals surface area contributed by atoms with Crippen LogP contribution in [0.2, 0.25) is 0 Å². The van der Waals surface area contributed by atoms with Crippen molar-refractivity contribution < 1.29 is 19.1 Å². The van der Waals surface area contributed by atoms with Gasteiger partial charge in [-0.05, 0) is 50.3 Å². The molecule has 1 aliphatic rings. The summed E-state index contributed by atoms with van der Waals surface area (Å²) in [5.74, 6) is -1.38. The van der Waals surface area contributed by atoms with Gasteiger partial charge in [0.15, 0.2) is 0 Å². The number of aliphatic carboxylic acids is 1. The molecule has 1 amide bonds. The second-order valence-electron chi connectivity index (χ2n) is 5.84. The SMILES string of the molecule is CC(C)(CCc1cc2c(cc1F)NC(=O)CC2)C(=O)O. The molecule has 0 unspecified atom stereocenters. The minimum Gasteiger partial charge on any atom is -0.481 e. The van der Waals surface area contributed by atoms with E-state index < -0.39 is 17.2 Å². The lowest BCUT2D eigenvalue weighted by molar-refractivity contribution is -0.147. The molecule has 0 saturated carbocycles. The number of benzene rings is 1. The molecule has 0 spiro atoms. The Bertz CT molecular complexity index is 566. The summed E-state index contributed by atoms with van der Waals surface area (Å²) in [6.45, 7) is 3.26. The quantitative estimate of drug-likeness (QED) is 0.890. The van der Waals surface area contributed by atoms with Gasteiger partial charge < -0.3 is 10.4 Å². The zero-order valence-corrected chi connectivity index (χ0v) is 11.6. The molecule has 2 N–H and O–H groups in total. The fourth-order valence-corrected chi connectivity index (χ4v) is 2.20. The van der Waals surface area contributed by atoms with Crippen molar-refractivity contribution >= 4 is 17.6 Å². The number of anilines is 1. The molecule has 0 bridgehead atoms. The third-order valence-electron chi connectivity index (χ3n) is 3.77. The van der Waals surface area contributed by atoms with Crippen LogP contribution in [-0.4, -0.2) is 17.0 Å². The summed E-state index contributed by atoms with van der Waals surface area (Å²) in [6, 6.07) is 3.07. The lowest BCUT2D eigenvalue weighted by Crippen LogP contribution is -2.24. The van der Waals surface area contributed by atoms with Crippen LogP contribution in [0, 0.1) is 11.2 Å². The van der Waals surface area contributed by atoms with Crippen LogP contribution in [0.25, 0.3) is 0 Å². The Labute approximate surface area is 117 Å². The Morgan fingerprint density at radius 1 is 1.40 bits per heavy atom. The standard InChI is InChI=1S/C15H18FNO3/c1-15(2,14(19)20)6-5-9-7-10-3-4-13(18)17-12(10)8-11(9)16/h7-8H,3-6H2,1-2H3,(H,17,18)(H,19,20). The van der Waals surface area contributed by atoms with Gasteiger partial charge in [-0.1, -0.05) is 6.07 Å². The van der Waals surface area contributed by atoms with Crippen molar-refractivity contribution in [2.75, 3.05) is 5.32 Å². The van der Waals surface area contributed by atoms with E-state index in [0.29, 0.717) is 36.9 Å². The molecule has 1 aromatic rings. The first-order valence-corrected chi connectivity index (χ1v) is 6.64. The van der Waals surface area contributed by atoms with Crippen molar-refractivity contribution in [3.63, 3.8) is 0 Å². The molecule has 0 radical (unpaired) electrons. The summed E-state index contributed by atoms with van der Waals surface area (Å²) >= 11 is 0. The molecule has 2 rings (SSSR count). The molecule has 0 aromatic heterocycles. The van der Waals surface area contributed by atoms with Gasteiger partial charge in [0.25, 0.3) is 0 Å². The van der Waals surface area contributed by atoms with Crippen molar-refractivity contribution in [1.29, 1.82) is 0 Å². The average molecular weight is 279 g/mol. The third kappa shape index (κ3) is 2.98. The van der Waals surface area contributed by atoms with Gasteiger partial charge in [0.2, 0.25) is 5.91 Å². The Morgan fingerprint density at radius 2 is 2.10 bits per heavy atom. The minimum atomic E-state index is -0.886. The number of nitrogens with one attached hydrogen (secondary N) is 1. The second-order valence-corrected chi connectivity index (χ2v) is 5.84. The van der Waals surface area contributed by atoms with E-state index in [1.54, 1.807) is 19.9 Å². The maximum Gasteiger partial charge on any atom is 0.309 e. The van der Waals surface area contributed by atoms with Crippen molar-refractivity contribution in [3.8, 4) is 0 Å². The Kier molecular flexibility index (Phi) is 3.79. The Hall–Kier alpha value is -1.91. The minimum absolute atomic E-state index is 0.100. The van der Waals surface area contributed by atoms with Gasteiger partial charge in [-0.25, -0.2) is 4.39 Å². The normalized spacial score (nSPS) is 14.7. The first-order valence-electron chi connectivity index (χ1n) is 6.64. The van der Waals surface area contributed by atoms with Gasteiger partial charge in [-0.3, -0.25) is 9.59 Å². The van der Waals surface area contributed by atoms with Gasteiger partial charge in [0, 0.05) is 12.1 Å². The lowest BCUT2D eigenvalue weighted by atomic mass is 9.86. The number of halogens is 1. The highest BCUT2D eigenvalue weighted by molar-refractivity contribution is 5.93. The van der Waals surface area contributed by atoms with Gasteiger partial charge in [0.05, 0.1) is 5.41 Å². The summed E-state index contributed by atoms with van der Waals surface area (Å²) < 4.78 is 14.0. The van der Waals surface area contributed by atoms with E-state index in [-0.39, 0.29) is 5.91 Å². The Morgan fingerprint density at radius 3 is 2.75 bits per heavy atom. The van der Waals surface area contributed by atoms with E-state index in [1.165, 1.54) is 6.07 Å². The number of fused-ring (bicyclic) bond motifs is 1. The molecule has 0 saturated heterocycles. The van der Waals surface area contributed by atoms with E-state index in [9.17, 15) is 14.0 Å². The number of carbonyl (C=O) groups is 2. The first-order chi connectivity index (χ1) is 9.29. The van der Waals surface area contributed by atoms with Crippen LogP contribution in [0.3, 0.4) is 0 Å². The summed E-state index contributed by atoms with van der Waals surface area (Å²) in [4.78, 5) is 22.3. The summed E-state index contributed by atoms with van der Waals surface area (Å²) in [5, 5.41) is 11.7. The number of aryl methyl sites for hydroxylation is 2. The van der Waals surface area contributed by atoms with Crippen LogP contribution >= 0.6 is 0 Å². The average Bonchev–Trinajstić information content (AvgIpc) is 2.36. The number of hydrogen-bond donors (Lipinski definition) is 2. The monoisotopic (exact) mass is 279 g/mol. The van der Waals surface area contributed by atoms with Crippen molar-refractivity contribution in [1.82, 2.24) is 0 Å². The fraction of sp³-hybridized carbons (Fsp3) is 0.467. The summed E-state index contributed by atoms with van der Waals surface area (Å²) in [5.41, 5.74) is 1.07. The van der Waals surface area contributed by atoms with E-state index in [0.717, 1.165) is 5.56 Å². The van der Waals surface area contributed by atoms with Crippen LogP contribution in [0.4, 0.5) is 10.1 Å². The van der Waals surface area contributed by atoms with Crippen LogP contribution in [0.15, 0.2) is 12.1 Å². The molecular formula is C15H18FNO3. The maximum absolute atomic E-state index is 14.0. The number of amides is 1. The largest absolute Gasteiger partial charge is 0.481 e. The number of carbonyl (C=O) groups excluding carboxylic acids is 1. The molecule has 4 nitrogen and oxygen atoms in total. The zero-order chi connectivity index (χ0) is 14.9. The molecule has 0 atom stereocenters. The van der Waals surface area contributed by atoms with Gasteiger partial charge in [-0.2, -0.15) is 0 Å². The van der Waals surface area contributed by atoms with Gasteiger partial charge in [-0.15, -0.1) is 0 Å². The molecule has 108 valence electrons. The van der Waals surface area contributed by atoms with Crippen LogP contribution in [-0.2, 0) is 22.4 Å². The molecule has 0 aliphatic carbocycles. The number of hydrogen-bond acceptors (Lipinski definition) is 2. The van der Waals surface area contributed by atoms with Crippen molar-refractivity contribution in [2.24, 2.45) is 5.41 Å². The summed E-state index contributed by atoms with van der Waals surface area (Å²) in [7, 11) is 0. The molecule has 1 aromatic carbocycles. The molecule has 20 heavy (non-hydrogen) atoms. The number of rotatable bonds is 4. The highest BCUT2D eigenvalue weighted by atomic mass is 19.1. The van der Waals surface area contributed by atoms with E-state index >= 15 is 0 Å². The topological polar surface area (TPSA) is 66.4 Å². The first kappa shape index (κ1) is 14.5. The van der Waals surface area contributed by atoms with E-state index in [4.69, 9.17) is 5.11 Å². The van der Waals surface area contributed by atoms with Crippen LogP contribution in [0.5, 0.6) is 0 Å². The van der Waals surface area contributed by atoms with Crippen molar-refractivity contribution in [3.05, 3.63) is 29.1 Å². The second kappa shape index (κ2) is 5.23. The molecule has 5 heteroatoms. The molecule has 1 heterocycles. The number of carboxylic acid groups (broad SMARTS) is 1. The lowest BCUT2D eigenvalue weighted by Gasteiger charge is -2.21. The summed E-state index contributed by atoms with van der Waals surface area (Å²) in [6.07, 6.45) is 1.73. The molecular weight excluding hydrogens is 261 g/mol. The zero-order valence-electron chi connectivity index (χ0n) is 11.6. The number of carboxylic acids is 1. The van der Waals surface area contributed by atoms with E-state index in [1.807, 2.05) is 0 Å². The third-order valence-corrected chi connectivity index (χ3v) is 3.77.